The van der Waals surface area contributed by atoms with Gasteiger partial charge in [-0.05, 0) is 0 Å². The Labute approximate surface area is 97.9 Å². The van der Waals surface area contributed by atoms with Crippen LogP contribution in [0.25, 0.3) is 0 Å². The lowest BCUT2D eigenvalue weighted by Gasteiger charge is -2.33. The van der Waals surface area contributed by atoms with Crippen molar-refractivity contribution in [2.75, 3.05) is 31.1 Å². The maximum Gasteiger partial charge on any atom is 0.407 e. The van der Waals surface area contributed by atoms with Crippen LogP contribution < -0.4 is 4.90 Å². The molecule has 1 aromatic rings. The van der Waals surface area contributed by atoms with Crippen LogP contribution in [0, 0.1) is 11.3 Å². The summed E-state index contributed by atoms with van der Waals surface area (Å²) in [4.78, 5) is 22.1. The van der Waals surface area contributed by atoms with Crippen molar-refractivity contribution in [3.05, 3.63) is 18.1 Å². The Morgan fingerprint density at radius 2 is 2.00 bits per heavy atom. The zero-order chi connectivity index (χ0) is 12.3. The molecule has 88 valence electrons. The molecule has 0 unspecified atom stereocenters. The number of amides is 1. The summed E-state index contributed by atoms with van der Waals surface area (Å²) in [6.45, 7) is 2.09. The molecule has 1 N–H and O–H groups in total. The summed E-state index contributed by atoms with van der Waals surface area (Å²) in [6, 6.07) is 1.90. The number of nitrogens with zero attached hydrogens (tertiary/aromatic N) is 5. The minimum absolute atomic E-state index is 0.276. The van der Waals surface area contributed by atoms with E-state index in [2.05, 4.69) is 9.97 Å². The van der Waals surface area contributed by atoms with Crippen molar-refractivity contribution >= 4 is 11.9 Å². The predicted molar refractivity (Wildman–Crippen MR) is 58.6 cm³/mol. The summed E-state index contributed by atoms with van der Waals surface area (Å²) in [6.07, 6.45) is 2.06. The first kappa shape index (κ1) is 11.1. The van der Waals surface area contributed by atoms with Gasteiger partial charge in [0.25, 0.3) is 0 Å². The number of anilines is 1. The molecule has 0 saturated carbocycles. The van der Waals surface area contributed by atoms with Gasteiger partial charge >= 0.3 is 6.09 Å². The minimum Gasteiger partial charge on any atom is -0.465 e. The van der Waals surface area contributed by atoms with Gasteiger partial charge in [-0.1, -0.05) is 0 Å². The van der Waals surface area contributed by atoms with Crippen LogP contribution in [0.2, 0.25) is 0 Å². The molecule has 0 spiro atoms. The quantitative estimate of drug-likeness (QED) is 0.742. The van der Waals surface area contributed by atoms with Crippen molar-refractivity contribution in [3.63, 3.8) is 0 Å². The SMILES string of the molecule is N#Cc1cnc(N2CCN(C(=O)O)CC2)cn1. The zero-order valence-electron chi connectivity index (χ0n) is 9.07. The van der Waals surface area contributed by atoms with Crippen molar-refractivity contribution in [1.82, 2.24) is 14.9 Å². The number of nitriles is 1. The third-order valence-corrected chi connectivity index (χ3v) is 2.63. The molecule has 1 aliphatic heterocycles. The summed E-state index contributed by atoms with van der Waals surface area (Å²) in [5.74, 6) is 0.675. The number of piperazine rings is 1. The largest absolute Gasteiger partial charge is 0.465 e. The first-order valence-corrected chi connectivity index (χ1v) is 5.15. The average Bonchev–Trinajstić information content (AvgIpc) is 2.39. The molecule has 0 radical (unpaired) electrons. The van der Waals surface area contributed by atoms with Crippen LogP contribution in [0.1, 0.15) is 5.69 Å². The van der Waals surface area contributed by atoms with Gasteiger partial charge in [0, 0.05) is 26.2 Å². The second-order valence-electron chi connectivity index (χ2n) is 3.63. The Hall–Kier alpha value is -2.36. The van der Waals surface area contributed by atoms with Gasteiger partial charge in [-0.2, -0.15) is 5.26 Å². The molecule has 1 saturated heterocycles. The number of carboxylic acid groups (broad SMARTS) is 1. The summed E-state index contributed by atoms with van der Waals surface area (Å²) >= 11 is 0. The molecule has 1 amide bonds. The second-order valence-corrected chi connectivity index (χ2v) is 3.63. The van der Waals surface area contributed by atoms with Gasteiger partial charge in [-0.3, -0.25) is 0 Å². The van der Waals surface area contributed by atoms with E-state index in [4.69, 9.17) is 10.4 Å². The number of hydrogen-bond donors (Lipinski definition) is 1. The van der Waals surface area contributed by atoms with Gasteiger partial charge in [0.1, 0.15) is 11.9 Å². The summed E-state index contributed by atoms with van der Waals surface area (Å²) in [7, 11) is 0. The van der Waals surface area contributed by atoms with Gasteiger partial charge in [0.2, 0.25) is 0 Å². The van der Waals surface area contributed by atoms with Crippen LogP contribution in [0.15, 0.2) is 12.4 Å². The molecular weight excluding hydrogens is 222 g/mol. The van der Waals surface area contributed by atoms with E-state index in [0.717, 1.165) is 0 Å². The van der Waals surface area contributed by atoms with Crippen molar-refractivity contribution in [1.29, 1.82) is 5.26 Å². The Morgan fingerprint density at radius 3 is 2.47 bits per heavy atom. The highest BCUT2D eigenvalue weighted by Crippen LogP contribution is 2.12. The topological polar surface area (TPSA) is 93.4 Å². The maximum atomic E-state index is 10.7. The highest BCUT2D eigenvalue weighted by molar-refractivity contribution is 5.65. The number of rotatable bonds is 1. The van der Waals surface area contributed by atoms with E-state index < -0.39 is 6.09 Å². The molecular formula is C10H11N5O2. The Balaban J connectivity index is 2.00. The predicted octanol–water partition coefficient (Wildman–Crippen LogP) is 0.148. The molecule has 2 rings (SSSR count). The van der Waals surface area contributed by atoms with E-state index in [1.807, 2.05) is 11.0 Å². The first-order valence-electron chi connectivity index (χ1n) is 5.15. The van der Waals surface area contributed by atoms with Gasteiger partial charge in [0.05, 0.1) is 12.4 Å². The summed E-state index contributed by atoms with van der Waals surface area (Å²) in [5, 5.41) is 17.4. The summed E-state index contributed by atoms with van der Waals surface area (Å²) in [5.41, 5.74) is 0.276. The van der Waals surface area contributed by atoms with Gasteiger partial charge in [0.15, 0.2) is 5.69 Å². The normalized spacial score (nSPS) is 15.5. The fourth-order valence-corrected chi connectivity index (χ4v) is 1.67. The van der Waals surface area contributed by atoms with Gasteiger partial charge in [-0.25, -0.2) is 14.8 Å². The highest BCUT2D eigenvalue weighted by atomic mass is 16.4. The van der Waals surface area contributed by atoms with Crippen molar-refractivity contribution in [2.24, 2.45) is 0 Å². The van der Waals surface area contributed by atoms with E-state index in [9.17, 15) is 4.79 Å². The van der Waals surface area contributed by atoms with Gasteiger partial charge in [-0.15, -0.1) is 0 Å². The standard InChI is InChI=1S/C10H11N5O2/c11-5-8-6-13-9(7-12-8)14-1-3-15(4-2-14)10(16)17/h6-7H,1-4H2,(H,16,17). The summed E-state index contributed by atoms with van der Waals surface area (Å²) < 4.78 is 0. The molecule has 0 aromatic carbocycles. The van der Waals surface area contributed by atoms with Crippen LogP contribution >= 0.6 is 0 Å². The molecule has 1 aromatic heterocycles. The monoisotopic (exact) mass is 233 g/mol. The molecule has 17 heavy (non-hydrogen) atoms. The lowest BCUT2D eigenvalue weighted by atomic mass is 10.3. The fourth-order valence-electron chi connectivity index (χ4n) is 1.67. The minimum atomic E-state index is -0.893. The number of hydrogen-bond acceptors (Lipinski definition) is 5. The average molecular weight is 233 g/mol. The van der Waals surface area contributed by atoms with E-state index in [-0.39, 0.29) is 5.69 Å². The van der Waals surface area contributed by atoms with Gasteiger partial charge < -0.3 is 14.9 Å². The number of carbonyl (C=O) groups is 1. The molecule has 1 fully saturated rings. The van der Waals surface area contributed by atoms with Crippen LogP contribution in [-0.4, -0.2) is 52.2 Å². The van der Waals surface area contributed by atoms with Crippen LogP contribution in [0.3, 0.4) is 0 Å². The molecule has 7 heteroatoms. The Kier molecular flexibility index (Phi) is 3.05. The highest BCUT2D eigenvalue weighted by Gasteiger charge is 2.21. The first-order chi connectivity index (χ1) is 8.20. The molecule has 0 atom stereocenters. The Morgan fingerprint density at radius 1 is 1.29 bits per heavy atom. The third-order valence-electron chi connectivity index (χ3n) is 2.63. The van der Waals surface area contributed by atoms with Crippen LogP contribution in [-0.2, 0) is 0 Å². The molecule has 0 bridgehead atoms. The molecule has 1 aliphatic rings. The smallest absolute Gasteiger partial charge is 0.407 e. The van der Waals surface area contributed by atoms with Crippen molar-refractivity contribution in [2.45, 2.75) is 0 Å². The Bertz CT molecular complexity index is 445. The number of aromatic nitrogens is 2. The van der Waals surface area contributed by atoms with Crippen LogP contribution in [0.4, 0.5) is 10.6 Å². The lowest BCUT2D eigenvalue weighted by molar-refractivity contribution is 0.142. The lowest BCUT2D eigenvalue weighted by Crippen LogP contribution is -2.48. The maximum absolute atomic E-state index is 10.7. The van der Waals surface area contributed by atoms with Crippen molar-refractivity contribution < 1.29 is 9.90 Å². The van der Waals surface area contributed by atoms with E-state index in [1.54, 1.807) is 0 Å². The molecule has 2 heterocycles. The second kappa shape index (κ2) is 4.65. The van der Waals surface area contributed by atoms with E-state index >= 15 is 0 Å². The van der Waals surface area contributed by atoms with E-state index in [1.165, 1.54) is 17.3 Å². The molecule has 0 aliphatic carbocycles. The molecule has 7 nitrogen and oxygen atoms in total. The third kappa shape index (κ3) is 2.42. The fraction of sp³-hybridized carbons (Fsp3) is 0.400. The van der Waals surface area contributed by atoms with E-state index in [0.29, 0.717) is 32.0 Å². The zero-order valence-corrected chi connectivity index (χ0v) is 9.07. The van der Waals surface area contributed by atoms with Crippen LogP contribution in [0.5, 0.6) is 0 Å². The van der Waals surface area contributed by atoms with Crippen molar-refractivity contribution in [3.8, 4) is 6.07 Å².